The van der Waals surface area contributed by atoms with Gasteiger partial charge in [0.25, 0.3) is 5.91 Å². The number of Topliss-reactive ketones (excluding diaryl/α,β-unsaturated/α-hetero) is 2. The highest BCUT2D eigenvalue weighted by Crippen LogP contribution is 2.18. The van der Waals surface area contributed by atoms with Crippen LogP contribution in [0.3, 0.4) is 0 Å². The van der Waals surface area contributed by atoms with Crippen LogP contribution in [0.2, 0.25) is 0 Å². The Kier molecular flexibility index (Phi) is 4.59. The summed E-state index contributed by atoms with van der Waals surface area (Å²) in [4.78, 5) is 33.7. The molecule has 0 saturated carbocycles. The number of hydrogen-bond donors (Lipinski definition) is 2. The molecule has 0 fully saturated rings. The van der Waals surface area contributed by atoms with Gasteiger partial charge in [-0.2, -0.15) is 0 Å². The van der Waals surface area contributed by atoms with Crippen molar-refractivity contribution in [1.29, 1.82) is 0 Å². The molecule has 5 nitrogen and oxygen atoms in total. The van der Waals surface area contributed by atoms with Gasteiger partial charge in [0.15, 0.2) is 5.78 Å². The van der Waals surface area contributed by atoms with Crippen molar-refractivity contribution in [2.24, 2.45) is 5.73 Å². The lowest BCUT2D eigenvalue weighted by atomic mass is 10.0. The third-order valence-corrected chi connectivity index (χ3v) is 2.27. The SMILES string of the molecule is CC(C)Nc1ccccc1C(=O)CC(=O)C(N)=O. The van der Waals surface area contributed by atoms with Crippen LogP contribution in [0.15, 0.2) is 24.3 Å². The summed E-state index contributed by atoms with van der Waals surface area (Å²) in [6, 6.07) is 7.01. The van der Waals surface area contributed by atoms with Gasteiger partial charge in [-0.1, -0.05) is 12.1 Å². The van der Waals surface area contributed by atoms with Gasteiger partial charge in [0.05, 0.1) is 6.42 Å². The van der Waals surface area contributed by atoms with Gasteiger partial charge in [0.1, 0.15) is 0 Å². The van der Waals surface area contributed by atoms with E-state index in [1.165, 1.54) is 0 Å². The lowest BCUT2D eigenvalue weighted by Crippen LogP contribution is -2.25. The molecule has 0 heterocycles. The van der Waals surface area contributed by atoms with E-state index in [-0.39, 0.29) is 6.04 Å². The highest BCUT2D eigenvalue weighted by atomic mass is 16.2. The van der Waals surface area contributed by atoms with E-state index in [2.05, 4.69) is 5.32 Å². The molecular weight excluding hydrogens is 232 g/mol. The summed E-state index contributed by atoms with van der Waals surface area (Å²) in [5.74, 6) is -2.38. The fourth-order valence-corrected chi connectivity index (χ4v) is 1.49. The molecule has 0 aliphatic heterocycles. The number of para-hydroxylation sites is 1. The van der Waals surface area contributed by atoms with E-state index >= 15 is 0 Å². The van der Waals surface area contributed by atoms with Crippen LogP contribution in [-0.4, -0.2) is 23.5 Å². The van der Waals surface area contributed by atoms with E-state index in [0.29, 0.717) is 11.3 Å². The van der Waals surface area contributed by atoms with E-state index < -0.39 is 23.9 Å². The molecule has 1 aromatic rings. The maximum absolute atomic E-state index is 11.9. The van der Waals surface area contributed by atoms with Gasteiger partial charge in [-0.25, -0.2) is 0 Å². The lowest BCUT2D eigenvalue weighted by Gasteiger charge is -2.13. The van der Waals surface area contributed by atoms with Gasteiger partial charge in [-0.3, -0.25) is 14.4 Å². The van der Waals surface area contributed by atoms with Gasteiger partial charge in [-0.15, -0.1) is 0 Å². The summed E-state index contributed by atoms with van der Waals surface area (Å²) >= 11 is 0. The fraction of sp³-hybridized carbons (Fsp3) is 0.308. The summed E-state index contributed by atoms with van der Waals surface area (Å²) in [6.45, 7) is 3.88. The zero-order chi connectivity index (χ0) is 13.7. The first-order valence-corrected chi connectivity index (χ1v) is 5.63. The average Bonchev–Trinajstić information content (AvgIpc) is 2.28. The Labute approximate surface area is 105 Å². The summed E-state index contributed by atoms with van der Waals surface area (Å²) in [7, 11) is 0. The minimum Gasteiger partial charge on any atom is -0.382 e. The Bertz CT molecular complexity index is 481. The highest BCUT2D eigenvalue weighted by molar-refractivity contribution is 6.39. The van der Waals surface area contributed by atoms with E-state index in [4.69, 9.17) is 5.73 Å². The van der Waals surface area contributed by atoms with Crippen LogP contribution in [-0.2, 0) is 9.59 Å². The monoisotopic (exact) mass is 248 g/mol. The molecule has 0 atom stereocenters. The molecule has 1 amide bonds. The Morgan fingerprint density at radius 2 is 1.83 bits per heavy atom. The maximum Gasteiger partial charge on any atom is 0.285 e. The third-order valence-electron chi connectivity index (χ3n) is 2.27. The quantitative estimate of drug-likeness (QED) is 0.448. The molecule has 0 bridgehead atoms. The number of hydrogen-bond acceptors (Lipinski definition) is 4. The largest absolute Gasteiger partial charge is 0.382 e. The predicted octanol–water partition coefficient (Wildman–Crippen LogP) is 1.13. The standard InChI is InChI=1S/C13H16N2O3/c1-8(2)15-10-6-4-3-5-9(10)11(16)7-12(17)13(14)18/h3-6,8,15H,7H2,1-2H3,(H2,14,18). The molecule has 0 aliphatic carbocycles. The van der Waals surface area contributed by atoms with Crippen molar-refractivity contribution >= 4 is 23.2 Å². The second-order valence-corrected chi connectivity index (χ2v) is 4.23. The number of carbonyl (C=O) groups is 3. The molecule has 0 aliphatic rings. The van der Waals surface area contributed by atoms with Crippen LogP contribution in [0.5, 0.6) is 0 Å². The second kappa shape index (κ2) is 5.95. The zero-order valence-electron chi connectivity index (χ0n) is 10.4. The summed E-state index contributed by atoms with van der Waals surface area (Å²) in [5, 5.41) is 3.11. The maximum atomic E-state index is 11.9. The number of nitrogens with two attached hydrogens (primary N) is 1. The first-order valence-electron chi connectivity index (χ1n) is 5.63. The summed E-state index contributed by atoms with van der Waals surface area (Å²) in [5.41, 5.74) is 5.86. The highest BCUT2D eigenvalue weighted by Gasteiger charge is 2.18. The third kappa shape index (κ3) is 3.69. The van der Waals surface area contributed by atoms with Crippen molar-refractivity contribution in [3.8, 4) is 0 Å². The molecule has 0 radical (unpaired) electrons. The van der Waals surface area contributed by atoms with E-state index in [1.807, 2.05) is 13.8 Å². The zero-order valence-corrected chi connectivity index (χ0v) is 10.4. The van der Waals surface area contributed by atoms with Gasteiger partial charge in [0.2, 0.25) is 5.78 Å². The first-order chi connectivity index (χ1) is 8.41. The van der Waals surface area contributed by atoms with Gasteiger partial charge >= 0.3 is 0 Å². The van der Waals surface area contributed by atoms with Crippen LogP contribution in [0.25, 0.3) is 0 Å². The van der Waals surface area contributed by atoms with Crippen molar-refractivity contribution in [2.45, 2.75) is 26.3 Å². The number of rotatable bonds is 6. The van der Waals surface area contributed by atoms with Crippen molar-refractivity contribution < 1.29 is 14.4 Å². The molecule has 18 heavy (non-hydrogen) atoms. The minimum atomic E-state index is -1.09. The fourth-order valence-electron chi connectivity index (χ4n) is 1.49. The van der Waals surface area contributed by atoms with Crippen LogP contribution in [0, 0.1) is 0 Å². The van der Waals surface area contributed by atoms with E-state index in [1.54, 1.807) is 24.3 Å². The van der Waals surface area contributed by atoms with Crippen molar-refractivity contribution in [2.75, 3.05) is 5.32 Å². The molecule has 3 N–H and O–H groups in total. The van der Waals surface area contributed by atoms with E-state index in [0.717, 1.165) is 0 Å². The molecule has 96 valence electrons. The Hall–Kier alpha value is -2.17. The first kappa shape index (κ1) is 13.9. The Morgan fingerprint density at radius 3 is 2.39 bits per heavy atom. The predicted molar refractivity (Wildman–Crippen MR) is 68.3 cm³/mol. The lowest BCUT2D eigenvalue weighted by molar-refractivity contribution is -0.135. The summed E-state index contributed by atoms with van der Waals surface area (Å²) < 4.78 is 0. The molecule has 0 saturated heterocycles. The van der Waals surface area contributed by atoms with Crippen LogP contribution in [0.1, 0.15) is 30.6 Å². The number of benzene rings is 1. The minimum absolute atomic E-state index is 0.158. The Morgan fingerprint density at radius 1 is 1.22 bits per heavy atom. The molecule has 1 aromatic carbocycles. The summed E-state index contributed by atoms with van der Waals surface area (Å²) in [6.07, 6.45) is -0.494. The molecule has 1 rings (SSSR count). The number of anilines is 1. The van der Waals surface area contributed by atoms with Crippen molar-refractivity contribution in [3.63, 3.8) is 0 Å². The number of ketones is 2. The smallest absolute Gasteiger partial charge is 0.285 e. The van der Waals surface area contributed by atoms with Gasteiger partial charge in [0, 0.05) is 17.3 Å². The van der Waals surface area contributed by atoms with Crippen LogP contribution in [0.4, 0.5) is 5.69 Å². The molecule has 5 heteroatoms. The van der Waals surface area contributed by atoms with Gasteiger partial charge in [-0.05, 0) is 26.0 Å². The topological polar surface area (TPSA) is 89.3 Å². The number of carbonyl (C=O) groups excluding carboxylic acids is 3. The second-order valence-electron chi connectivity index (χ2n) is 4.23. The molecule has 0 unspecified atom stereocenters. The average molecular weight is 248 g/mol. The van der Waals surface area contributed by atoms with Gasteiger partial charge < -0.3 is 11.1 Å². The number of nitrogens with one attached hydrogen (secondary N) is 1. The van der Waals surface area contributed by atoms with E-state index in [9.17, 15) is 14.4 Å². The van der Waals surface area contributed by atoms with Crippen molar-refractivity contribution in [1.82, 2.24) is 0 Å². The molecular formula is C13H16N2O3. The Balaban J connectivity index is 2.91. The molecule has 0 spiro atoms. The normalized spacial score (nSPS) is 10.2. The number of primary amides is 1. The van der Waals surface area contributed by atoms with Crippen LogP contribution < -0.4 is 11.1 Å². The molecule has 0 aromatic heterocycles. The van der Waals surface area contributed by atoms with Crippen LogP contribution >= 0.6 is 0 Å². The number of amides is 1. The van der Waals surface area contributed by atoms with Crippen molar-refractivity contribution in [3.05, 3.63) is 29.8 Å².